The van der Waals surface area contributed by atoms with E-state index in [1.807, 2.05) is 24.3 Å². The molecule has 1 aliphatic rings. The van der Waals surface area contributed by atoms with Crippen LogP contribution < -0.4 is 0 Å². The summed E-state index contributed by atoms with van der Waals surface area (Å²) in [5.74, 6) is -0.478. The van der Waals surface area contributed by atoms with Crippen LogP contribution in [0.2, 0.25) is 10.0 Å². The molecule has 3 rings (SSSR count). The molecule has 0 saturated heterocycles. The Hall–Kier alpha value is -1.35. The second-order valence-corrected chi connectivity index (χ2v) is 6.12. The zero-order valence-corrected chi connectivity index (χ0v) is 12.7. The van der Waals surface area contributed by atoms with Gasteiger partial charge >= 0.3 is 0 Å². The smallest absolute Gasteiger partial charge is 0.169 e. The van der Waals surface area contributed by atoms with Gasteiger partial charge in [-0.25, -0.2) is 0 Å². The van der Waals surface area contributed by atoms with Gasteiger partial charge in [0.2, 0.25) is 0 Å². The average molecular weight is 321 g/mol. The molecule has 0 amide bonds. The Morgan fingerprint density at radius 1 is 1.14 bits per heavy atom. The Bertz CT molecular complexity index is 697. The van der Waals surface area contributed by atoms with Crippen molar-refractivity contribution in [1.82, 2.24) is 0 Å². The van der Waals surface area contributed by atoms with Crippen LogP contribution in [0.3, 0.4) is 0 Å². The topological polar surface area (TPSA) is 37.3 Å². The molecule has 0 aromatic heterocycles. The van der Waals surface area contributed by atoms with Gasteiger partial charge < -0.3 is 5.11 Å². The van der Waals surface area contributed by atoms with Gasteiger partial charge in [0.1, 0.15) is 0 Å². The van der Waals surface area contributed by atoms with E-state index < -0.39 is 12.0 Å². The van der Waals surface area contributed by atoms with Gasteiger partial charge in [-0.15, -0.1) is 0 Å². The van der Waals surface area contributed by atoms with E-state index in [-0.39, 0.29) is 5.78 Å². The fraction of sp³-hybridized carbons (Fsp3) is 0.235. The minimum absolute atomic E-state index is 0.0182. The maximum Gasteiger partial charge on any atom is 0.169 e. The fourth-order valence-electron chi connectivity index (χ4n) is 2.88. The summed E-state index contributed by atoms with van der Waals surface area (Å²) in [6.45, 7) is 0. The summed E-state index contributed by atoms with van der Waals surface area (Å²) >= 11 is 12.0. The van der Waals surface area contributed by atoms with Crippen LogP contribution in [-0.4, -0.2) is 10.9 Å². The van der Waals surface area contributed by atoms with Gasteiger partial charge in [0.15, 0.2) is 5.78 Å². The van der Waals surface area contributed by atoms with Crippen molar-refractivity contribution in [2.24, 2.45) is 5.92 Å². The number of aryl methyl sites for hydroxylation is 1. The molecule has 0 aliphatic heterocycles. The molecule has 0 bridgehead atoms. The van der Waals surface area contributed by atoms with Crippen molar-refractivity contribution in [1.29, 1.82) is 0 Å². The Morgan fingerprint density at radius 2 is 1.90 bits per heavy atom. The SMILES string of the molecule is O=C1c2ccccc2CCC1C(O)c1ccc(Cl)cc1Cl. The lowest BCUT2D eigenvalue weighted by molar-refractivity contribution is 0.0638. The Morgan fingerprint density at radius 3 is 2.67 bits per heavy atom. The number of Topliss-reactive ketones (excluding diaryl/α,β-unsaturated/α-hetero) is 1. The predicted octanol–water partition coefficient (Wildman–Crippen LogP) is 4.47. The molecule has 0 saturated carbocycles. The molecule has 21 heavy (non-hydrogen) atoms. The van der Waals surface area contributed by atoms with Crippen molar-refractivity contribution in [3.05, 3.63) is 69.2 Å². The van der Waals surface area contributed by atoms with E-state index in [2.05, 4.69) is 0 Å². The largest absolute Gasteiger partial charge is 0.388 e. The van der Waals surface area contributed by atoms with Crippen molar-refractivity contribution >= 4 is 29.0 Å². The lowest BCUT2D eigenvalue weighted by Gasteiger charge is -2.27. The highest BCUT2D eigenvalue weighted by molar-refractivity contribution is 6.35. The summed E-state index contributed by atoms with van der Waals surface area (Å²) in [5, 5.41) is 11.5. The molecule has 1 N–H and O–H groups in total. The lowest BCUT2D eigenvalue weighted by atomic mass is 9.78. The third-order valence-corrected chi connectivity index (χ3v) is 4.57. The first kappa shape index (κ1) is 14.6. The monoisotopic (exact) mass is 320 g/mol. The second-order valence-electron chi connectivity index (χ2n) is 5.28. The number of rotatable bonds is 2. The van der Waals surface area contributed by atoms with Crippen molar-refractivity contribution in [3.63, 3.8) is 0 Å². The van der Waals surface area contributed by atoms with Crippen LogP contribution in [0.1, 0.15) is 34.0 Å². The molecular weight excluding hydrogens is 307 g/mol. The van der Waals surface area contributed by atoms with Gasteiger partial charge in [-0.1, -0.05) is 53.5 Å². The van der Waals surface area contributed by atoms with Crippen LogP contribution >= 0.6 is 23.2 Å². The highest BCUT2D eigenvalue weighted by atomic mass is 35.5. The molecule has 0 heterocycles. The summed E-state index contributed by atoms with van der Waals surface area (Å²) < 4.78 is 0. The molecule has 2 aromatic carbocycles. The number of fused-ring (bicyclic) bond motifs is 1. The van der Waals surface area contributed by atoms with Gasteiger partial charge in [0.05, 0.1) is 12.0 Å². The summed E-state index contributed by atoms with van der Waals surface area (Å²) in [7, 11) is 0. The summed E-state index contributed by atoms with van der Waals surface area (Å²) in [6.07, 6.45) is 0.501. The zero-order valence-electron chi connectivity index (χ0n) is 11.2. The Balaban J connectivity index is 1.93. The first-order valence-electron chi connectivity index (χ1n) is 6.83. The number of benzene rings is 2. The zero-order chi connectivity index (χ0) is 15.0. The first-order chi connectivity index (χ1) is 10.1. The number of halogens is 2. The number of ketones is 1. The van der Waals surface area contributed by atoms with Crippen LogP contribution in [0, 0.1) is 5.92 Å². The average Bonchev–Trinajstić information content (AvgIpc) is 2.47. The summed E-state index contributed by atoms with van der Waals surface area (Å²) in [4.78, 5) is 12.6. The van der Waals surface area contributed by atoms with E-state index in [9.17, 15) is 9.90 Å². The number of aliphatic hydroxyl groups is 1. The first-order valence-corrected chi connectivity index (χ1v) is 7.58. The van der Waals surface area contributed by atoms with Crippen molar-refractivity contribution in [2.75, 3.05) is 0 Å². The quantitative estimate of drug-likeness (QED) is 0.886. The number of carbonyl (C=O) groups is 1. The van der Waals surface area contributed by atoms with Gasteiger partial charge in [0, 0.05) is 15.6 Å². The highest BCUT2D eigenvalue weighted by Crippen LogP contribution is 2.37. The van der Waals surface area contributed by atoms with Crippen molar-refractivity contribution < 1.29 is 9.90 Å². The molecule has 2 unspecified atom stereocenters. The fourth-order valence-corrected chi connectivity index (χ4v) is 3.40. The van der Waals surface area contributed by atoms with Crippen molar-refractivity contribution in [2.45, 2.75) is 18.9 Å². The van der Waals surface area contributed by atoms with Crippen molar-refractivity contribution in [3.8, 4) is 0 Å². The molecule has 2 atom stereocenters. The normalized spacial score (nSPS) is 19.2. The highest BCUT2D eigenvalue weighted by Gasteiger charge is 2.34. The maximum absolute atomic E-state index is 12.6. The van der Waals surface area contributed by atoms with Gasteiger partial charge in [0.25, 0.3) is 0 Å². The number of aliphatic hydroxyl groups excluding tert-OH is 1. The number of hydrogen-bond acceptors (Lipinski definition) is 2. The lowest BCUT2D eigenvalue weighted by Crippen LogP contribution is -2.28. The van der Waals surface area contributed by atoms with Crippen LogP contribution in [-0.2, 0) is 6.42 Å². The Kier molecular flexibility index (Phi) is 4.03. The molecule has 108 valence electrons. The third-order valence-electron chi connectivity index (χ3n) is 4.01. The predicted molar refractivity (Wildman–Crippen MR) is 84.0 cm³/mol. The van der Waals surface area contributed by atoms with E-state index in [0.717, 1.165) is 12.0 Å². The van der Waals surface area contributed by atoms with Gasteiger partial charge in [-0.2, -0.15) is 0 Å². The van der Waals surface area contributed by atoms with Crippen LogP contribution in [0.25, 0.3) is 0 Å². The molecule has 0 fully saturated rings. The standard InChI is InChI=1S/C17H14Cl2O2/c18-11-6-8-13(15(19)9-11)17(21)14-7-5-10-3-1-2-4-12(10)16(14)20/h1-4,6,8-9,14,17,21H,5,7H2. The third kappa shape index (κ3) is 2.71. The van der Waals surface area contributed by atoms with Crippen LogP contribution in [0.4, 0.5) is 0 Å². The molecule has 1 aliphatic carbocycles. The van der Waals surface area contributed by atoms with Crippen LogP contribution in [0.5, 0.6) is 0 Å². The molecular formula is C17H14Cl2O2. The molecule has 0 spiro atoms. The van der Waals surface area contributed by atoms with E-state index in [4.69, 9.17) is 23.2 Å². The number of carbonyl (C=O) groups excluding carboxylic acids is 1. The van der Waals surface area contributed by atoms with E-state index in [1.165, 1.54) is 0 Å². The van der Waals surface area contributed by atoms with Gasteiger partial charge in [-0.05, 0) is 36.1 Å². The summed E-state index contributed by atoms with van der Waals surface area (Å²) in [6, 6.07) is 12.5. The van der Waals surface area contributed by atoms with E-state index in [0.29, 0.717) is 27.6 Å². The maximum atomic E-state index is 12.6. The minimum Gasteiger partial charge on any atom is -0.388 e. The summed E-state index contributed by atoms with van der Waals surface area (Å²) in [5.41, 5.74) is 2.31. The van der Waals surface area contributed by atoms with E-state index in [1.54, 1.807) is 18.2 Å². The molecule has 0 radical (unpaired) electrons. The van der Waals surface area contributed by atoms with Crippen LogP contribution in [0.15, 0.2) is 42.5 Å². The molecule has 4 heteroatoms. The molecule has 2 aromatic rings. The number of hydrogen-bond donors (Lipinski definition) is 1. The molecule has 2 nitrogen and oxygen atoms in total. The van der Waals surface area contributed by atoms with Gasteiger partial charge in [-0.3, -0.25) is 4.79 Å². The second kappa shape index (κ2) is 5.80. The Labute approximate surface area is 133 Å². The van der Waals surface area contributed by atoms with E-state index >= 15 is 0 Å². The minimum atomic E-state index is -0.907.